The van der Waals surface area contributed by atoms with E-state index in [1.54, 1.807) is 5.57 Å². The van der Waals surface area contributed by atoms with Crippen LogP contribution in [0.2, 0.25) is 0 Å². The van der Waals surface area contributed by atoms with Gasteiger partial charge in [0, 0.05) is 18.9 Å². The van der Waals surface area contributed by atoms with E-state index in [2.05, 4.69) is 27.7 Å². The maximum absolute atomic E-state index is 13.0. The maximum atomic E-state index is 13.0. The summed E-state index contributed by atoms with van der Waals surface area (Å²) < 4.78 is 7.06. The molecule has 0 N–H and O–H groups in total. The molecule has 4 aliphatic carbocycles. The fourth-order valence-electron chi connectivity index (χ4n) is 9.62. The number of allylic oxidation sites excluding steroid dienone is 3. The quantitative estimate of drug-likeness (QED) is 0.303. The summed E-state index contributed by atoms with van der Waals surface area (Å²) in [6.45, 7) is 9.96. The number of nitrogens with zero attached hydrogens (tertiary/aromatic N) is 1. The molecule has 35 heavy (non-hydrogen) atoms. The summed E-state index contributed by atoms with van der Waals surface area (Å²) in [5.41, 5.74) is 4.36. The first kappa shape index (κ1) is 24.5. The molecule has 2 saturated carbocycles. The van der Waals surface area contributed by atoms with E-state index in [1.165, 1.54) is 24.0 Å². The first-order valence-electron chi connectivity index (χ1n) is 13.8. The third-order valence-electron chi connectivity index (χ3n) is 11.4. The molecule has 1 amide bonds. The molecule has 192 valence electrons. The summed E-state index contributed by atoms with van der Waals surface area (Å²) >= 11 is 12.1. The van der Waals surface area contributed by atoms with Crippen molar-refractivity contribution in [2.75, 3.05) is 6.54 Å². The van der Waals surface area contributed by atoms with Gasteiger partial charge in [0.05, 0.1) is 17.7 Å². The molecule has 6 rings (SSSR count). The molecular weight excluding hydrogens is 481 g/mol. The Morgan fingerprint density at radius 2 is 1.97 bits per heavy atom. The fraction of sp³-hybridized carbons (Fsp3) is 0.793. The standard InChI is InChI=1S/C29H39Cl2NO3/c1-15-11-24-25(32(14-15)27(34)26(30)31)17(3)29(35-24)10-8-20-21-6-5-18-12-19(33)7-9-28(18,4)23(21)13-22(20)16(29)2/h12,15,17,20-21,23-26H,5-11,13-14H2,1-4H3/t15-,17+,20-,21-,23-,24+,25-,28-,29-/m0/s1. The molecule has 2 saturated heterocycles. The number of halogens is 2. The van der Waals surface area contributed by atoms with Gasteiger partial charge in [-0.15, -0.1) is 0 Å². The summed E-state index contributed by atoms with van der Waals surface area (Å²) in [5.74, 6) is 2.72. The molecule has 9 atom stereocenters. The topological polar surface area (TPSA) is 46.6 Å². The van der Waals surface area contributed by atoms with Crippen LogP contribution < -0.4 is 0 Å². The Bertz CT molecular complexity index is 1020. The van der Waals surface area contributed by atoms with Crippen molar-refractivity contribution in [2.24, 2.45) is 35.0 Å². The minimum atomic E-state index is -1.02. The normalized spacial score (nSPS) is 46.9. The molecule has 6 aliphatic rings. The van der Waals surface area contributed by atoms with Gasteiger partial charge in [0.25, 0.3) is 5.91 Å². The van der Waals surface area contributed by atoms with Crippen LogP contribution in [0.4, 0.5) is 0 Å². The molecule has 0 aromatic carbocycles. The van der Waals surface area contributed by atoms with E-state index in [4.69, 9.17) is 27.9 Å². The van der Waals surface area contributed by atoms with E-state index in [0.717, 1.165) is 38.0 Å². The van der Waals surface area contributed by atoms with Gasteiger partial charge in [-0.25, -0.2) is 0 Å². The second kappa shape index (κ2) is 8.33. The number of piperidine rings is 1. The molecule has 6 heteroatoms. The van der Waals surface area contributed by atoms with Gasteiger partial charge >= 0.3 is 0 Å². The second-order valence-corrected chi connectivity index (χ2v) is 13.9. The van der Waals surface area contributed by atoms with Crippen molar-refractivity contribution < 1.29 is 14.3 Å². The third-order valence-corrected chi connectivity index (χ3v) is 11.7. The van der Waals surface area contributed by atoms with Crippen molar-refractivity contribution in [3.05, 3.63) is 22.8 Å². The van der Waals surface area contributed by atoms with E-state index < -0.39 is 4.84 Å². The van der Waals surface area contributed by atoms with Gasteiger partial charge in [0.2, 0.25) is 0 Å². The average Bonchev–Trinajstić information content (AvgIpc) is 3.33. The van der Waals surface area contributed by atoms with Crippen molar-refractivity contribution in [2.45, 2.75) is 102 Å². The van der Waals surface area contributed by atoms with Crippen LogP contribution in [0.3, 0.4) is 0 Å². The van der Waals surface area contributed by atoms with Crippen molar-refractivity contribution in [1.82, 2.24) is 4.90 Å². The van der Waals surface area contributed by atoms with Crippen LogP contribution in [0.25, 0.3) is 0 Å². The predicted octanol–water partition coefficient (Wildman–Crippen LogP) is 6.25. The zero-order valence-electron chi connectivity index (χ0n) is 21.5. The van der Waals surface area contributed by atoms with Gasteiger partial charge in [-0.2, -0.15) is 0 Å². The third kappa shape index (κ3) is 3.41. The number of fused-ring (bicyclic) bond motifs is 6. The zero-order chi connectivity index (χ0) is 24.9. The van der Waals surface area contributed by atoms with Crippen molar-refractivity contribution in [3.63, 3.8) is 0 Å². The molecule has 4 fully saturated rings. The molecule has 4 nitrogen and oxygen atoms in total. The maximum Gasteiger partial charge on any atom is 0.256 e. The van der Waals surface area contributed by atoms with E-state index in [0.29, 0.717) is 36.5 Å². The smallest absolute Gasteiger partial charge is 0.256 e. The Hall–Kier alpha value is -0.840. The first-order valence-corrected chi connectivity index (χ1v) is 14.6. The molecule has 0 radical (unpaired) electrons. The van der Waals surface area contributed by atoms with Gasteiger partial charge in [-0.05, 0) is 92.6 Å². The average molecular weight is 521 g/mol. The van der Waals surface area contributed by atoms with Gasteiger partial charge < -0.3 is 9.64 Å². The Morgan fingerprint density at radius 3 is 2.71 bits per heavy atom. The summed E-state index contributed by atoms with van der Waals surface area (Å²) in [5, 5.41) is 0. The first-order chi connectivity index (χ1) is 16.6. The summed E-state index contributed by atoms with van der Waals surface area (Å²) in [7, 11) is 0. The lowest BCUT2D eigenvalue weighted by molar-refractivity contribution is -0.137. The number of carbonyl (C=O) groups excluding carboxylic acids is 2. The van der Waals surface area contributed by atoms with Crippen LogP contribution in [0.5, 0.6) is 0 Å². The number of rotatable bonds is 1. The number of ether oxygens (including phenoxy) is 1. The Morgan fingerprint density at radius 1 is 1.20 bits per heavy atom. The van der Waals surface area contributed by atoms with E-state index in [-0.39, 0.29) is 35.0 Å². The molecule has 2 heterocycles. The highest BCUT2D eigenvalue weighted by atomic mass is 35.5. The molecule has 0 bridgehead atoms. The number of ketones is 1. The van der Waals surface area contributed by atoms with Crippen LogP contribution in [0.1, 0.15) is 79.1 Å². The Balaban J connectivity index is 1.35. The minimum absolute atomic E-state index is 0.0332. The summed E-state index contributed by atoms with van der Waals surface area (Å²) in [4.78, 5) is 26.1. The number of likely N-dealkylation sites (tertiary alicyclic amines) is 1. The second-order valence-electron chi connectivity index (χ2n) is 12.8. The zero-order valence-corrected chi connectivity index (χ0v) is 23.0. The highest BCUT2D eigenvalue weighted by molar-refractivity contribution is 6.53. The number of hydrogen-bond donors (Lipinski definition) is 0. The van der Waals surface area contributed by atoms with Crippen molar-refractivity contribution in [1.29, 1.82) is 0 Å². The van der Waals surface area contributed by atoms with Crippen LogP contribution in [0.15, 0.2) is 22.8 Å². The largest absolute Gasteiger partial charge is 0.365 e. The van der Waals surface area contributed by atoms with Crippen molar-refractivity contribution >= 4 is 34.9 Å². The number of alkyl halides is 2. The Kier molecular flexibility index (Phi) is 5.83. The van der Waals surface area contributed by atoms with Gasteiger partial charge in [0.15, 0.2) is 10.6 Å². The number of carbonyl (C=O) groups is 2. The van der Waals surface area contributed by atoms with Crippen LogP contribution in [-0.2, 0) is 14.3 Å². The summed E-state index contributed by atoms with van der Waals surface area (Å²) in [6.07, 6.45) is 10.4. The monoisotopic (exact) mass is 519 g/mol. The minimum Gasteiger partial charge on any atom is -0.365 e. The highest BCUT2D eigenvalue weighted by Gasteiger charge is 2.62. The lowest BCUT2D eigenvalue weighted by Gasteiger charge is -2.48. The van der Waals surface area contributed by atoms with Gasteiger partial charge in [-0.3, -0.25) is 9.59 Å². The molecule has 0 aromatic heterocycles. The molecule has 0 unspecified atom stereocenters. The van der Waals surface area contributed by atoms with Crippen LogP contribution >= 0.6 is 23.2 Å². The SMILES string of the molecule is CC1=C2C[C@H]3[C@@H](CCC4=CC(=O)CC[C@@]43C)[C@@H]2CC[C@]12O[C@@H]1C[C@H](C)CN(C(=O)C(Cl)Cl)[C@H]1[C@H]2C. The predicted molar refractivity (Wildman–Crippen MR) is 138 cm³/mol. The molecular formula is C29H39Cl2NO3. The Labute approximate surface area is 219 Å². The lowest BCUT2D eigenvalue weighted by Crippen LogP contribution is -2.55. The van der Waals surface area contributed by atoms with E-state index in [1.807, 2.05) is 11.0 Å². The number of amides is 1. The van der Waals surface area contributed by atoms with Crippen LogP contribution in [-0.4, -0.2) is 45.7 Å². The lowest BCUT2D eigenvalue weighted by atomic mass is 9.56. The van der Waals surface area contributed by atoms with Gasteiger partial charge in [-0.1, -0.05) is 55.1 Å². The van der Waals surface area contributed by atoms with E-state index >= 15 is 0 Å². The van der Waals surface area contributed by atoms with E-state index in [9.17, 15) is 9.59 Å². The number of hydrogen-bond acceptors (Lipinski definition) is 3. The highest BCUT2D eigenvalue weighted by Crippen LogP contribution is 2.65. The van der Waals surface area contributed by atoms with Crippen molar-refractivity contribution in [3.8, 4) is 0 Å². The molecule has 0 aromatic rings. The van der Waals surface area contributed by atoms with Crippen LogP contribution in [0, 0.1) is 35.0 Å². The molecule has 1 spiro atoms. The fourth-order valence-corrected chi connectivity index (χ4v) is 9.87. The molecule has 2 aliphatic heterocycles. The summed E-state index contributed by atoms with van der Waals surface area (Å²) in [6, 6.07) is 0.0332. The van der Waals surface area contributed by atoms with Gasteiger partial charge in [0.1, 0.15) is 0 Å².